The molecule has 0 aliphatic rings. The molecule has 32 heavy (non-hydrogen) atoms. The fourth-order valence-corrected chi connectivity index (χ4v) is 2.68. The first-order chi connectivity index (χ1) is 15.3. The molecule has 3 atom stereocenters. The molecule has 2 rings (SSSR count). The molecule has 0 saturated carbocycles. The van der Waals surface area contributed by atoms with Gasteiger partial charge in [-0.1, -0.05) is 62.7 Å². The van der Waals surface area contributed by atoms with Gasteiger partial charge < -0.3 is 14.8 Å². The first-order valence-electron chi connectivity index (χ1n) is 10.3. The van der Waals surface area contributed by atoms with Gasteiger partial charge in [-0.05, 0) is 30.5 Å². The Hall–Kier alpha value is -3.62. The zero-order chi connectivity index (χ0) is 23.5. The highest BCUT2D eigenvalue weighted by atomic mass is 19.1. The van der Waals surface area contributed by atoms with Crippen molar-refractivity contribution in [1.82, 2.24) is 16.2 Å². The Morgan fingerprint density at radius 3 is 2.22 bits per heavy atom. The summed E-state index contributed by atoms with van der Waals surface area (Å²) >= 11 is 0. The van der Waals surface area contributed by atoms with Crippen LogP contribution in [0.4, 0.5) is 9.18 Å². The molecule has 0 fully saturated rings. The van der Waals surface area contributed by atoms with Crippen LogP contribution in [-0.2, 0) is 20.9 Å². The summed E-state index contributed by atoms with van der Waals surface area (Å²) in [6.45, 7) is 5.13. The van der Waals surface area contributed by atoms with Gasteiger partial charge >= 0.3 is 6.09 Å². The molecule has 2 aromatic rings. The van der Waals surface area contributed by atoms with Crippen molar-refractivity contribution in [3.8, 4) is 5.75 Å². The molecule has 9 heteroatoms. The Kier molecular flexibility index (Phi) is 9.46. The van der Waals surface area contributed by atoms with Crippen molar-refractivity contribution >= 4 is 17.9 Å². The maximum atomic E-state index is 13.7. The number of amides is 3. The van der Waals surface area contributed by atoms with E-state index in [-0.39, 0.29) is 18.3 Å². The van der Waals surface area contributed by atoms with Crippen LogP contribution in [0, 0.1) is 11.7 Å². The Labute approximate surface area is 186 Å². The van der Waals surface area contributed by atoms with Crippen molar-refractivity contribution < 1.29 is 28.2 Å². The zero-order valence-corrected chi connectivity index (χ0v) is 18.3. The molecule has 0 saturated heterocycles. The van der Waals surface area contributed by atoms with Gasteiger partial charge in [-0.2, -0.15) is 0 Å². The van der Waals surface area contributed by atoms with Crippen molar-refractivity contribution in [3.05, 3.63) is 66.0 Å². The van der Waals surface area contributed by atoms with E-state index in [4.69, 9.17) is 9.47 Å². The maximum Gasteiger partial charge on any atom is 0.408 e. The molecule has 0 aliphatic heterocycles. The van der Waals surface area contributed by atoms with Crippen LogP contribution >= 0.6 is 0 Å². The summed E-state index contributed by atoms with van der Waals surface area (Å²) in [5.41, 5.74) is 5.32. The average Bonchev–Trinajstić information content (AvgIpc) is 2.81. The lowest BCUT2D eigenvalue weighted by Crippen LogP contribution is -2.56. The molecule has 8 nitrogen and oxygen atoms in total. The number of ether oxygens (including phenoxy) is 2. The minimum absolute atomic E-state index is 0.0587. The van der Waals surface area contributed by atoms with Gasteiger partial charge in [-0.15, -0.1) is 0 Å². The third-order valence-electron chi connectivity index (χ3n) is 4.80. The molecule has 3 unspecified atom stereocenters. The number of carbonyl (C=O) groups is 3. The second-order valence-corrected chi connectivity index (χ2v) is 7.24. The van der Waals surface area contributed by atoms with Crippen molar-refractivity contribution in [2.45, 2.75) is 45.9 Å². The fraction of sp³-hybridized carbons (Fsp3) is 0.348. The second-order valence-electron chi connectivity index (χ2n) is 7.24. The molecular weight excluding hydrogens is 417 g/mol. The highest BCUT2D eigenvalue weighted by Gasteiger charge is 2.27. The number of alkyl carbamates (subject to hydrolysis) is 1. The van der Waals surface area contributed by atoms with Gasteiger partial charge in [0, 0.05) is 0 Å². The van der Waals surface area contributed by atoms with E-state index >= 15 is 0 Å². The van der Waals surface area contributed by atoms with Gasteiger partial charge in [0.1, 0.15) is 12.6 Å². The third kappa shape index (κ3) is 7.57. The van der Waals surface area contributed by atoms with Gasteiger partial charge in [0.25, 0.3) is 11.8 Å². The van der Waals surface area contributed by atoms with E-state index in [1.54, 1.807) is 13.0 Å². The lowest BCUT2D eigenvalue weighted by atomic mass is 9.99. The first-order valence-corrected chi connectivity index (χ1v) is 10.3. The van der Waals surface area contributed by atoms with E-state index in [0.717, 1.165) is 5.56 Å². The SMILES string of the molecule is CCC(C)C(NC(=O)OCc1ccccc1)C(=O)NNC(=O)C(C)Oc1ccccc1F. The Balaban J connectivity index is 1.87. The van der Waals surface area contributed by atoms with Crippen molar-refractivity contribution in [2.24, 2.45) is 5.92 Å². The van der Waals surface area contributed by atoms with E-state index in [0.29, 0.717) is 6.42 Å². The number of hydrogen-bond acceptors (Lipinski definition) is 5. The van der Waals surface area contributed by atoms with Crippen LogP contribution < -0.4 is 20.9 Å². The Bertz CT molecular complexity index is 910. The van der Waals surface area contributed by atoms with Crippen LogP contribution in [0.2, 0.25) is 0 Å². The normalized spacial score (nSPS) is 13.2. The Morgan fingerprint density at radius 1 is 0.938 bits per heavy atom. The zero-order valence-electron chi connectivity index (χ0n) is 18.3. The molecule has 3 N–H and O–H groups in total. The molecule has 0 radical (unpaired) electrons. The molecule has 0 heterocycles. The predicted octanol–water partition coefficient (Wildman–Crippen LogP) is 3.08. The number of rotatable bonds is 9. The standard InChI is InChI=1S/C23H28FN3O5/c1-4-15(2)20(25-23(30)31-14-17-10-6-5-7-11-17)22(29)27-26-21(28)16(3)32-19-13-9-8-12-18(19)24/h5-13,15-16,20H,4,14H2,1-3H3,(H,25,30)(H,26,28)(H,27,29). The highest BCUT2D eigenvalue weighted by molar-refractivity contribution is 5.89. The summed E-state index contributed by atoms with van der Waals surface area (Å²) < 4.78 is 24.1. The minimum atomic E-state index is -1.07. The lowest BCUT2D eigenvalue weighted by molar-refractivity contribution is -0.134. The van der Waals surface area contributed by atoms with Crippen LogP contribution in [0.3, 0.4) is 0 Å². The topological polar surface area (TPSA) is 106 Å². The van der Waals surface area contributed by atoms with E-state index in [1.165, 1.54) is 25.1 Å². The summed E-state index contributed by atoms with van der Waals surface area (Å²) in [5.74, 6) is -2.23. The van der Waals surface area contributed by atoms with E-state index in [9.17, 15) is 18.8 Å². The van der Waals surface area contributed by atoms with Gasteiger partial charge in [0.15, 0.2) is 17.7 Å². The highest BCUT2D eigenvalue weighted by Crippen LogP contribution is 2.17. The van der Waals surface area contributed by atoms with Crippen molar-refractivity contribution in [1.29, 1.82) is 0 Å². The minimum Gasteiger partial charge on any atom is -0.478 e. The second kappa shape index (κ2) is 12.3. The van der Waals surface area contributed by atoms with Gasteiger partial charge in [-0.25, -0.2) is 9.18 Å². The monoisotopic (exact) mass is 445 g/mol. The van der Waals surface area contributed by atoms with E-state index < -0.39 is 35.9 Å². The van der Waals surface area contributed by atoms with E-state index in [2.05, 4.69) is 16.2 Å². The van der Waals surface area contributed by atoms with Crippen LogP contribution in [0.15, 0.2) is 54.6 Å². The van der Waals surface area contributed by atoms with Gasteiger partial charge in [0.2, 0.25) is 0 Å². The fourth-order valence-electron chi connectivity index (χ4n) is 2.68. The summed E-state index contributed by atoms with van der Waals surface area (Å²) in [7, 11) is 0. The predicted molar refractivity (Wildman–Crippen MR) is 116 cm³/mol. The van der Waals surface area contributed by atoms with Gasteiger partial charge in [-0.3, -0.25) is 20.4 Å². The number of para-hydroxylation sites is 1. The number of carbonyl (C=O) groups excluding carboxylic acids is 3. The van der Waals surface area contributed by atoms with Crippen molar-refractivity contribution in [3.63, 3.8) is 0 Å². The van der Waals surface area contributed by atoms with Crippen LogP contribution in [0.1, 0.15) is 32.8 Å². The molecular formula is C23H28FN3O5. The summed E-state index contributed by atoms with van der Waals surface area (Å²) in [4.78, 5) is 37.0. The number of hydrazine groups is 1. The molecule has 172 valence electrons. The molecule has 3 amide bonds. The van der Waals surface area contributed by atoms with E-state index in [1.807, 2.05) is 37.3 Å². The molecule has 0 aliphatic carbocycles. The number of halogens is 1. The molecule has 2 aromatic carbocycles. The lowest BCUT2D eigenvalue weighted by Gasteiger charge is -2.24. The number of nitrogens with one attached hydrogen (secondary N) is 3. The van der Waals surface area contributed by atoms with Crippen LogP contribution in [0.25, 0.3) is 0 Å². The molecule has 0 bridgehead atoms. The summed E-state index contributed by atoms with van der Waals surface area (Å²) in [6.07, 6.45) is -1.23. The van der Waals surface area contributed by atoms with Gasteiger partial charge in [0.05, 0.1) is 0 Å². The average molecular weight is 445 g/mol. The Morgan fingerprint density at radius 2 is 1.56 bits per heavy atom. The molecule has 0 spiro atoms. The number of hydrogen-bond donors (Lipinski definition) is 3. The summed E-state index contributed by atoms with van der Waals surface area (Å²) in [5, 5.41) is 2.53. The van der Waals surface area contributed by atoms with Crippen molar-refractivity contribution in [2.75, 3.05) is 0 Å². The van der Waals surface area contributed by atoms with Crippen LogP contribution in [0.5, 0.6) is 5.75 Å². The molecule has 0 aromatic heterocycles. The first kappa shape index (κ1) is 24.6. The maximum absolute atomic E-state index is 13.7. The number of benzene rings is 2. The summed E-state index contributed by atoms with van der Waals surface area (Å²) in [6, 6.07) is 13.9. The quantitative estimate of drug-likeness (QED) is 0.515. The largest absolute Gasteiger partial charge is 0.478 e. The van der Waals surface area contributed by atoms with Crippen LogP contribution in [-0.4, -0.2) is 30.1 Å². The third-order valence-corrected chi connectivity index (χ3v) is 4.80. The smallest absolute Gasteiger partial charge is 0.408 e.